The fourth-order valence-corrected chi connectivity index (χ4v) is 2.03. The first-order chi connectivity index (χ1) is 9.51. The number of fused-ring (bicyclic) bond motifs is 1. The Morgan fingerprint density at radius 3 is 2.65 bits per heavy atom. The zero-order valence-corrected chi connectivity index (χ0v) is 11.9. The van der Waals surface area contributed by atoms with Gasteiger partial charge in [-0.05, 0) is 31.9 Å². The lowest BCUT2D eigenvalue weighted by Gasteiger charge is -2.18. The molecule has 0 bridgehead atoms. The molecule has 1 aliphatic rings. The molecule has 0 aliphatic carbocycles. The Hall–Kier alpha value is -1.95. The monoisotopic (exact) mass is 280 g/mol. The first-order valence-corrected chi connectivity index (χ1v) is 6.57. The van der Waals surface area contributed by atoms with Crippen LogP contribution in [0.25, 0.3) is 0 Å². The maximum absolute atomic E-state index is 11.6. The molecule has 20 heavy (non-hydrogen) atoms. The third kappa shape index (κ3) is 3.14. The normalized spacial score (nSPS) is 15.6. The largest absolute Gasteiger partial charge is 0.480 e. The molecular formula is C14H20N2O4. The Labute approximate surface area is 118 Å². The second kappa shape index (κ2) is 6.00. The fraction of sp³-hybridized carbons (Fsp3) is 0.500. The fourth-order valence-electron chi connectivity index (χ4n) is 2.03. The van der Waals surface area contributed by atoms with Gasteiger partial charge in [-0.3, -0.25) is 4.79 Å². The van der Waals surface area contributed by atoms with E-state index in [0.717, 1.165) is 5.56 Å². The summed E-state index contributed by atoms with van der Waals surface area (Å²) in [6, 6.07) is 3.59. The van der Waals surface area contributed by atoms with E-state index in [1.165, 1.54) is 0 Å². The highest BCUT2D eigenvalue weighted by Crippen LogP contribution is 2.38. The van der Waals surface area contributed by atoms with E-state index < -0.39 is 6.10 Å². The average Bonchev–Trinajstić information content (AvgIpc) is 2.84. The molecule has 1 amide bonds. The van der Waals surface area contributed by atoms with Gasteiger partial charge in [0.05, 0.1) is 0 Å². The van der Waals surface area contributed by atoms with Crippen LogP contribution in [0.5, 0.6) is 17.2 Å². The van der Waals surface area contributed by atoms with Crippen LogP contribution in [0.4, 0.5) is 0 Å². The quantitative estimate of drug-likeness (QED) is 0.834. The van der Waals surface area contributed by atoms with E-state index in [-0.39, 0.29) is 18.7 Å². The van der Waals surface area contributed by atoms with E-state index in [4.69, 9.17) is 19.9 Å². The van der Waals surface area contributed by atoms with Gasteiger partial charge in [0.2, 0.25) is 6.79 Å². The number of likely N-dealkylation sites (N-methyl/N-ethyl adjacent to an activating group) is 1. The third-order valence-corrected chi connectivity index (χ3v) is 3.02. The number of ether oxygens (including phenoxy) is 3. The molecule has 0 radical (unpaired) electrons. The molecule has 6 nitrogen and oxygen atoms in total. The van der Waals surface area contributed by atoms with Crippen molar-refractivity contribution in [3.63, 3.8) is 0 Å². The number of carbonyl (C=O) groups excluding carboxylic acids is 1. The standard InChI is InChI=1S/C14H20N2O4/c1-8(15)4-10-5-12-13(19-7-18-12)6-11(10)20-9(2)14(17)16-3/h5-6,8-9H,4,7,15H2,1-3H3,(H,16,17). The van der Waals surface area contributed by atoms with Gasteiger partial charge in [0.15, 0.2) is 17.6 Å². The highest BCUT2D eigenvalue weighted by Gasteiger charge is 2.21. The van der Waals surface area contributed by atoms with Crippen molar-refractivity contribution < 1.29 is 19.0 Å². The SMILES string of the molecule is CNC(=O)C(C)Oc1cc2c(cc1CC(C)N)OCO2. The molecule has 2 rings (SSSR count). The Bertz CT molecular complexity index is 502. The van der Waals surface area contributed by atoms with E-state index in [1.54, 1.807) is 20.0 Å². The van der Waals surface area contributed by atoms with Crippen molar-refractivity contribution in [2.24, 2.45) is 5.73 Å². The molecule has 1 aromatic carbocycles. The topological polar surface area (TPSA) is 82.8 Å². The summed E-state index contributed by atoms with van der Waals surface area (Å²) in [6.07, 6.45) is 0.0408. The number of carbonyl (C=O) groups is 1. The van der Waals surface area contributed by atoms with Crippen molar-refractivity contribution in [3.8, 4) is 17.2 Å². The number of amides is 1. The van der Waals surface area contributed by atoms with Crippen LogP contribution in [0.1, 0.15) is 19.4 Å². The highest BCUT2D eigenvalue weighted by atomic mass is 16.7. The summed E-state index contributed by atoms with van der Waals surface area (Å²) in [7, 11) is 1.57. The smallest absolute Gasteiger partial charge is 0.260 e. The van der Waals surface area contributed by atoms with Gasteiger partial charge in [-0.15, -0.1) is 0 Å². The van der Waals surface area contributed by atoms with Crippen LogP contribution in [-0.2, 0) is 11.2 Å². The van der Waals surface area contributed by atoms with Gasteiger partial charge in [0.1, 0.15) is 5.75 Å². The zero-order chi connectivity index (χ0) is 14.7. The number of nitrogens with two attached hydrogens (primary N) is 1. The Morgan fingerprint density at radius 2 is 2.05 bits per heavy atom. The number of rotatable bonds is 5. The van der Waals surface area contributed by atoms with Crippen LogP contribution in [0.15, 0.2) is 12.1 Å². The maximum Gasteiger partial charge on any atom is 0.260 e. The molecule has 0 spiro atoms. The molecule has 1 aromatic rings. The summed E-state index contributed by atoms with van der Waals surface area (Å²) in [4.78, 5) is 11.6. The Morgan fingerprint density at radius 1 is 1.40 bits per heavy atom. The minimum atomic E-state index is -0.591. The van der Waals surface area contributed by atoms with Crippen LogP contribution < -0.4 is 25.3 Å². The zero-order valence-electron chi connectivity index (χ0n) is 11.9. The predicted octanol–water partition coefficient (Wildman–Crippen LogP) is 0.818. The van der Waals surface area contributed by atoms with Crippen molar-refractivity contribution in [2.45, 2.75) is 32.4 Å². The first kappa shape index (κ1) is 14.5. The second-order valence-electron chi connectivity index (χ2n) is 4.87. The minimum absolute atomic E-state index is 0.0203. The van der Waals surface area contributed by atoms with E-state index in [1.807, 2.05) is 13.0 Å². The van der Waals surface area contributed by atoms with Gasteiger partial charge in [-0.2, -0.15) is 0 Å². The molecule has 6 heteroatoms. The summed E-state index contributed by atoms with van der Waals surface area (Å²) in [5.41, 5.74) is 6.75. The van der Waals surface area contributed by atoms with Gasteiger partial charge in [-0.1, -0.05) is 0 Å². The summed E-state index contributed by atoms with van der Waals surface area (Å²) >= 11 is 0. The van der Waals surface area contributed by atoms with Crippen LogP contribution in [0, 0.1) is 0 Å². The van der Waals surface area contributed by atoms with Crippen LogP contribution >= 0.6 is 0 Å². The average molecular weight is 280 g/mol. The van der Waals surface area contributed by atoms with Gasteiger partial charge < -0.3 is 25.3 Å². The highest BCUT2D eigenvalue weighted by molar-refractivity contribution is 5.80. The molecule has 1 aliphatic heterocycles. The van der Waals surface area contributed by atoms with E-state index >= 15 is 0 Å². The van der Waals surface area contributed by atoms with Gasteiger partial charge in [-0.25, -0.2) is 0 Å². The van der Waals surface area contributed by atoms with E-state index in [9.17, 15) is 4.79 Å². The van der Waals surface area contributed by atoms with Gasteiger partial charge >= 0.3 is 0 Å². The first-order valence-electron chi connectivity index (χ1n) is 6.57. The third-order valence-electron chi connectivity index (χ3n) is 3.02. The number of hydrogen-bond acceptors (Lipinski definition) is 5. The molecular weight excluding hydrogens is 260 g/mol. The molecule has 0 fully saturated rings. The van der Waals surface area contributed by atoms with Gasteiger partial charge in [0, 0.05) is 19.2 Å². The molecule has 0 saturated carbocycles. The molecule has 0 saturated heterocycles. The summed E-state index contributed by atoms with van der Waals surface area (Å²) < 4.78 is 16.4. The van der Waals surface area contributed by atoms with Crippen molar-refractivity contribution in [2.75, 3.05) is 13.8 Å². The number of hydrogen-bond donors (Lipinski definition) is 2. The molecule has 110 valence electrons. The lowest BCUT2D eigenvalue weighted by molar-refractivity contribution is -0.126. The van der Waals surface area contributed by atoms with Crippen LogP contribution in [0.3, 0.4) is 0 Å². The van der Waals surface area contributed by atoms with E-state index in [0.29, 0.717) is 23.7 Å². The van der Waals surface area contributed by atoms with Crippen molar-refractivity contribution in [1.29, 1.82) is 0 Å². The summed E-state index contributed by atoms with van der Waals surface area (Å²) in [5.74, 6) is 1.72. The molecule has 1 heterocycles. The van der Waals surface area contributed by atoms with Crippen molar-refractivity contribution in [1.82, 2.24) is 5.32 Å². The minimum Gasteiger partial charge on any atom is -0.480 e. The van der Waals surface area contributed by atoms with E-state index in [2.05, 4.69) is 5.32 Å². The van der Waals surface area contributed by atoms with Crippen molar-refractivity contribution >= 4 is 5.91 Å². The maximum atomic E-state index is 11.6. The molecule has 3 N–H and O–H groups in total. The van der Waals surface area contributed by atoms with Crippen LogP contribution in [0.2, 0.25) is 0 Å². The lowest BCUT2D eigenvalue weighted by atomic mass is 10.1. The lowest BCUT2D eigenvalue weighted by Crippen LogP contribution is -2.34. The Balaban J connectivity index is 2.27. The van der Waals surface area contributed by atoms with Crippen molar-refractivity contribution in [3.05, 3.63) is 17.7 Å². The molecule has 0 aromatic heterocycles. The summed E-state index contributed by atoms with van der Waals surface area (Å²) in [6.45, 7) is 3.80. The number of benzene rings is 1. The predicted molar refractivity (Wildman–Crippen MR) is 74.1 cm³/mol. The van der Waals surface area contributed by atoms with Gasteiger partial charge in [0.25, 0.3) is 5.91 Å². The second-order valence-corrected chi connectivity index (χ2v) is 4.87. The van der Waals surface area contributed by atoms with Crippen LogP contribution in [-0.4, -0.2) is 31.9 Å². The molecule has 2 unspecified atom stereocenters. The molecule has 2 atom stereocenters. The Kier molecular flexibility index (Phi) is 4.34. The number of nitrogens with one attached hydrogen (secondary N) is 1. The summed E-state index contributed by atoms with van der Waals surface area (Å²) in [5, 5.41) is 2.55.